The van der Waals surface area contributed by atoms with Crippen LogP contribution in [0, 0.1) is 0 Å². The fraction of sp³-hybridized carbons (Fsp3) is 0.300. The number of nitrogens with zero attached hydrogens (tertiary/aromatic N) is 2. The van der Waals surface area contributed by atoms with Gasteiger partial charge in [-0.2, -0.15) is 0 Å². The van der Waals surface area contributed by atoms with Crippen LogP contribution in [0.5, 0.6) is 23.0 Å². The van der Waals surface area contributed by atoms with E-state index in [-0.39, 0.29) is 18.2 Å². The van der Waals surface area contributed by atoms with Crippen LogP contribution < -0.4 is 24.3 Å². The molecule has 3 aromatic carbocycles. The van der Waals surface area contributed by atoms with E-state index in [0.717, 1.165) is 11.3 Å². The molecule has 1 aliphatic heterocycles. The van der Waals surface area contributed by atoms with E-state index in [0.29, 0.717) is 53.4 Å². The van der Waals surface area contributed by atoms with Gasteiger partial charge in [0, 0.05) is 13.0 Å². The van der Waals surface area contributed by atoms with Crippen molar-refractivity contribution in [2.45, 2.75) is 25.0 Å². The zero-order valence-electron chi connectivity index (χ0n) is 23.0. The highest BCUT2D eigenvalue weighted by atomic mass is 32.2. The van der Waals surface area contributed by atoms with Crippen LogP contribution in [0.4, 0.5) is 11.4 Å². The minimum Gasteiger partial charge on any atom is -0.495 e. The summed E-state index contributed by atoms with van der Waals surface area (Å²) in [4.78, 5) is 33.1. The lowest BCUT2D eigenvalue weighted by atomic mass is 10.1. The Hall–Kier alpha value is -4.18. The molecule has 10 heteroatoms. The van der Waals surface area contributed by atoms with Crippen molar-refractivity contribution in [3.63, 3.8) is 0 Å². The van der Waals surface area contributed by atoms with Crippen molar-refractivity contribution >= 4 is 40.1 Å². The zero-order chi connectivity index (χ0) is 28.5. The minimum absolute atomic E-state index is 0.0415. The van der Waals surface area contributed by atoms with Gasteiger partial charge in [-0.05, 0) is 67.4 Å². The normalized spacial score (nSPS) is 16.0. The molecule has 0 saturated carbocycles. The van der Waals surface area contributed by atoms with Crippen LogP contribution in [0.1, 0.15) is 18.9 Å². The molecule has 2 amide bonds. The third kappa shape index (κ3) is 7.06. The van der Waals surface area contributed by atoms with E-state index in [2.05, 4.69) is 5.32 Å². The van der Waals surface area contributed by atoms with Gasteiger partial charge in [-0.3, -0.25) is 14.5 Å². The molecule has 1 N–H and O–H groups in total. The predicted molar refractivity (Wildman–Crippen MR) is 157 cm³/mol. The minimum atomic E-state index is -0.656. The fourth-order valence-electron chi connectivity index (χ4n) is 4.19. The first kappa shape index (κ1) is 28.8. The third-order valence-electron chi connectivity index (χ3n) is 6.24. The van der Waals surface area contributed by atoms with Crippen LogP contribution in [-0.4, -0.2) is 61.6 Å². The number of rotatable bonds is 11. The number of carbonyl (C=O) groups excluding carboxylic acids is 2. The molecule has 0 aliphatic carbocycles. The van der Waals surface area contributed by atoms with Crippen molar-refractivity contribution in [2.24, 2.45) is 4.99 Å². The van der Waals surface area contributed by atoms with Crippen molar-refractivity contribution in [1.29, 1.82) is 0 Å². The lowest BCUT2D eigenvalue weighted by molar-refractivity contribution is -0.129. The summed E-state index contributed by atoms with van der Waals surface area (Å²) in [5.74, 6) is 2.07. The molecule has 3 aromatic rings. The lowest BCUT2D eigenvalue weighted by Gasteiger charge is -2.32. The molecule has 4 rings (SSSR count). The molecule has 1 atom stereocenters. The topological polar surface area (TPSA) is 98.7 Å². The highest BCUT2D eigenvalue weighted by molar-refractivity contribution is 8.15. The number of methoxy groups -OCH3 is 3. The summed E-state index contributed by atoms with van der Waals surface area (Å²) in [7, 11) is 4.72. The Bertz CT molecular complexity index is 1360. The fourth-order valence-corrected chi connectivity index (χ4v) is 5.32. The Morgan fingerprint density at radius 2 is 1.70 bits per heavy atom. The van der Waals surface area contributed by atoms with Gasteiger partial charge in [0.2, 0.25) is 11.8 Å². The van der Waals surface area contributed by atoms with Crippen molar-refractivity contribution in [2.75, 3.05) is 39.8 Å². The van der Waals surface area contributed by atoms with Crippen molar-refractivity contribution < 1.29 is 28.5 Å². The Kier molecular flexibility index (Phi) is 9.91. The summed E-state index contributed by atoms with van der Waals surface area (Å²) in [5, 5.41) is 2.70. The Morgan fingerprint density at radius 3 is 2.40 bits per heavy atom. The summed E-state index contributed by atoms with van der Waals surface area (Å²) in [6.07, 6.45) is 0.604. The molecular weight excluding hydrogens is 530 g/mol. The van der Waals surface area contributed by atoms with Crippen LogP contribution in [0.2, 0.25) is 0 Å². The van der Waals surface area contributed by atoms with Crippen LogP contribution in [-0.2, 0) is 16.0 Å². The second kappa shape index (κ2) is 13.7. The molecule has 0 radical (unpaired) electrons. The largest absolute Gasteiger partial charge is 0.495 e. The molecule has 1 saturated heterocycles. The van der Waals surface area contributed by atoms with E-state index in [9.17, 15) is 9.59 Å². The van der Waals surface area contributed by atoms with Crippen molar-refractivity contribution in [1.82, 2.24) is 4.90 Å². The van der Waals surface area contributed by atoms with Gasteiger partial charge in [0.25, 0.3) is 0 Å². The van der Waals surface area contributed by atoms with E-state index >= 15 is 0 Å². The Morgan fingerprint density at radius 1 is 0.975 bits per heavy atom. The van der Waals surface area contributed by atoms with Gasteiger partial charge < -0.3 is 24.3 Å². The van der Waals surface area contributed by atoms with Crippen LogP contribution >= 0.6 is 11.8 Å². The van der Waals surface area contributed by atoms with Gasteiger partial charge in [0.15, 0.2) is 16.7 Å². The average Bonchev–Trinajstić information content (AvgIpc) is 2.97. The summed E-state index contributed by atoms with van der Waals surface area (Å²) < 4.78 is 21.7. The summed E-state index contributed by atoms with van der Waals surface area (Å²) in [5.41, 5.74) is 2.18. The maximum Gasteiger partial charge on any atom is 0.238 e. The van der Waals surface area contributed by atoms with Crippen LogP contribution in [0.15, 0.2) is 71.7 Å². The van der Waals surface area contributed by atoms with E-state index < -0.39 is 5.25 Å². The van der Waals surface area contributed by atoms with Crippen molar-refractivity contribution in [3.8, 4) is 23.0 Å². The zero-order valence-corrected chi connectivity index (χ0v) is 23.8. The standard InChI is InChI=1S/C30H33N3O6S/c1-5-39-22-13-11-21(12-14-22)31-30-33(17-16-20-10-15-25(37-3)26(18-20)38-4)28(34)19-27(40-30)29(35)32-23-8-6-7-9-24(23)36-2/h6-15,18,27H,5,16-17,19H2,1-4H3,(H,32,35)/t27-/m1/s1. The first-order valence-corrected chi connectivity index (χ1v) is 13.8. The molecule has 210 valence electrons. The van der Waals surface area contributed by atoms with Crippen LogP contribution in [0.3, 0.4) is 0 Å². The maximum atomic E-state index is 13.4. The Labute approximate surface area is 238 Å². The number of thioether (sulfide) groups is 1. The van der Waals surface area contributed by atoms with Crippen LogP contribution in [0.25, 0.3) is 0 Å². The Balaban J connectivity index is 1.57. The third-order valence-corrected chi connectivity index (χ3v) is 7.43. The number of nitrogens with one attached hydrogen (secondary N) is 1. The molecule has 9 nitrogen and oxygen atoms in total. The maximum absolute atomic E-state index is 13.4. The monoisotopic (exact) mass is 563 g/mol. The average molecular weight is 564 g/mol. The molecule has 40 heavy (non-hydrogen) atoms. The number of amidine groups is 1. The van der Waals surface area contributed by atoms with Crippen molar-refractivity contribution in [3.05, 3.63) is 72.3 Å². The van der Waals surface area contributed by atoms with E-state index in [4.69, 9.17) is 23.9 Å². The molecule has 0 unspecified atom stereocenters. The summed E-state index contributed by atoms with van der Waals surface area (Å²) in [6, 6.07) is 20.2. The highest BCUT2D eigenvalue weighted by Gasteiger charge is 2.36. The smallest absolute Gasteiger partial charge is 0.238 e. The lowest BCUT2D eigenvalue weighted by Crippen LogP contribution is -2.46. The number of carbonyl (C=O) groups is 2. The number of hydrogen-bond donors (Lipinski definition) is 1. The van der Waals surface area contributed by atoms with Gasteiger partial charge in [0.1, 0.15) is 16.7 Å². The number of anilines is 1. The molecule has 0 spiro atoms. The van der Waals surface area contributed by atoms with E-state index in [1.165, 1.54) is 11.8 Å². The molecule has 0 bridgehead atoms. The second-order valence-electron chi connectivity index (χ2n) is 8.81. The van der Waals surface area contributed by atoms with Gasteiger partial charge in [-0.15, -0.1) is 0 Å². The highest BCUT2D eigenvalue weighted by Crippen LogP contribution is 2.33. The number of para-hydroxylation sites is 2. The number of hydrogen-bond acceptors (Lipinski definition) is 8. The summed E-state index contributed by atoms with van der Waals surface area (Å²) in [6.45, 7) is 2.87. The van der Waals surface area contributed by atoms with E-state index in [1.54, 1.807) is 38.4 Å². The predicted octanol–water partition coefficient (Wildman–Crippen LogP) is 5.31. The number of ether oxygens (including phenoxy) is 4. The SMILES string of the molecule is CCOc1ccc(N=C2S[C@@H](C(=O)Nc3ccccc3OC)CC(=O)N2CCc2ccc(OC)c(OC)c2)cc1. The summed E-state index contributed by atoms with van der Waals surface area (Å²) >= 11 is 1.27. The van der Waals surface area contributed by atoms with Gasteiger partial charge in [-0.1, -0.05) is 30.0 Å². The molecular formula is C30H33N3O6S. The molecule has 1 aliphatic rings. The quantitative estimate of drug-likeness (QED) is 0.337. The number of amides is 2. The van der Waals surface area contributed by atoms with Gasteiger partial charge >= 0.3 is 0 Å². The number of benzene rings is 3. The molecule has 1 heterocycles. The second-order valence-corrected chi connectivity index (χ2v) is 9.98. The molecule has 1 fully saturated rings. The number of aliphatic imine (C=N–C) groups is 1. The first-order chi connectivity index (χ1) is 19.4. The van der Waals surface area contributed by atoms with E-state index in [1.807, 2.05) is 61.5 Å². The van der Waals surface area contributed by atoms with Gasteiger partial charge in [0.05, 0.1) is 39.3 Å². The molecule has 0 aromatic heterocycles. The first-order valence-electron chi connectivity index (χ1n) is 12.9. The van der Waals surface area contributed by atoms with Gasteiger partial charge in [-0.25, -0.2) is 4.99 Å².